The molecule has 0 aliphatic heterocycles. The van der Waals surface area contributed by atoms with Crippen LogP contribution in [-0.4, -0.2) is 21.8 Å². The van der Waals surface area contributed by atoms with Crippen molar-refractivity contribution in [2.75, 3.05) is 10.6 Å². The number of aromatic nitrogens is 2. The molecular formula is C22H16N4O3. The zero-order valence-corrected chi connectivity index (χ0v) is 15.2. The van der Waals surface area contributed by atoms with Crippen LogP contribution in [0.2, 0.25) is 0 Å². The highest BCUT2D eigenvalue weighted by molar-refractivity contribution is 6.12. The first-order valence-electron chi connectivity index (χ1n) is 8.85. The van der Waals surface area contributed by atoms with Crippen molar-refractivity contribution in [3.8, 4) is 0 Å². The molecule has 0 saturated carbocycles. The monoisotopic (exact) mass is 384 g/mol. The number of pyridine rings is 2. The number of rotatable bonds is 4. The van der Waals surface area contributed by atoms with Crippen LogP contribution in [0.4, 0.5) is 11.4 Å². The molecule has 29 heavy (non-hydrogen) atoms. The number of aromatic amines is 1. The van der Waals surface area contributed by atoms with Crippen LogP contribution in [0, 0.1) is 0 Å². The van der Waals surface area contributed by atoms with Gasteiger partial charge in [-0.25, -0.2) is 0 Å². The highest BCUT2D eigenvalue weighted by Gasteiger charge is 2.13. The zero-order chi connectivity index (χ0) is 20.2. The molecule has 0 bridgehead atoms. The van der Waals surface area contributed by atoms with Crippen molar-refractivity contribution in [1.29, 1.82) is 0 Å². The molecule has 7 nitrogen and oxygen atoms in total. The summed E-state index contributed by atoms with van der Waals surface area (Å²) in [5.74, 6) is -0.743. The van der Waals surface area contributed by atoms with Gasteiger partial charge in [0.1, 0.15) is 0 Å². The third-order valence-electron chi connectivity index (χ3n) is 4.32. The highest BCUT2D eigenvalue weighted by Crippen LogP contribution is 2.18. The molecule has 0 aliphatic rings. The molecule has 2 heterocycles. The Balaban J connectivity index is 1.58. The van der Waals surface area contributed by atoms with Gasteiger partial charge >= 0.3 is 0 Å². The van der Waals surface area contributed by atoms with Gasteiger partial charge in [-0.1, -0.05) is 24.3 Å². The average Bonchev–Trinajstić information content (AvgIpc) is 2.74. The molecule has 0 atom stereocenters. The van der Waals surface area contributed by atoms with Crippen molar-refractivity contribution in [2.45, 2.75) is 0 Å². The van der Waals surface area contributed by atoms with E-state index in [4.69, 9.17) is 0 Å². The second-order valence-electron chi connectivity index (χ2n) is 6.32. The van der Waals surface area contributed by atoms with Crippen LogP contribution in [0.15, 0.2) is 83.9 Å². The molecule has 7 heteroatoms. The van der Waals surface area contributed by atoms with E-state index in [2.05, 4.69) is 20.6 Å². The van der Waals surface area contributed by atoms with Crippen molar-refractivity contribution < 1.29 is 9.59 Å². The predicted molar refractivity (Wildman–Crippen MR) is 111 cm³/mol. The third kappa shape index (κ3) is 4.03. The van der Waals surface area contributed by atoms with E-state index >= 15 is 0 Å². The van der Waals surface area contributed by atoms with Gasteiger partial charge in [-0.3, -0.25) is 19.4 Å². The molecule has 0 spiro atoms. The van der Waals surface area contributed by atoms with Crippen LogP contribution in [0.1, 0.15) is 20.7 Å². The number of nitrogens with zero attached hydrogens (tertiary/aromatic N) is 1. The molecule has 3 N–H and O–H groups in total. The van der Waals surface area contributed by atoms with E-state index in [-0.39, 0.29) is 17.0 Å². The summed E-state index contributed by atoms with van der Waals surface area (Å²) in [5.41, 5.74) is 1.93. The maximum absolute atomic E-state index is 12.8. The van der Waals surface area contributed by atoms with Crippen molar-refractivity contribution >= 4 is 34.1 Å². The summed E-state index contributed by atoms with van der Waals surface area (Å²) in [6.07, 6.45) is 3.16. The number of benzene rings is 2. The molecule has 2 aromatic heterocycles. The van der Waals surface area contributed by atoms with Gasteiger partial charge in [0.25, 0.3) is 11.8 Å². The first-order valence-corrected chi connectivity index (χ1v) is 8.85. The van der Waals surface area contributed by atoms with Gasteiger partial charge in [0, 0.05) is 46.3 Å². The lowest BCUT2D eigenvalue weighted by atomic mass is 10.1. The largest absolute Gasteiger partial charge is 0.322 e. The standard InChI is InChI=1S/C22H16N4O3/c27-20-13-18(17-6-1-2-7-19(17)26-20)22(29)25-16-5-3-4-14(12-16)21(28)24-15-8-10-23-11-9-15/h1-13H,(H,25,29)(H,26,27)(H,23,24,28). The van der Waals surface area contributed by atoms with Crippen LogP contribution >= 0.6 is 0 Å². The SMILES string of the molecule is O=C(Nc1ccncc1)c1cccc(NC(=O)c2cc(=O)[nH]c3ccccc23)c1. The summed E-state index contributed by atoms with van der Waals surface area (Å²) in [5, 5.41) is 6.16. The molecule has 4 rings (SSSR count). The minimum Gasteiger partial charge on any atom is -0.322 e. The summed E-state index contributed by atoms with van der Waals surface area (Å²) < 4.78 is 0. The lowest BCUT2D eigenvalue weighted by molar-refractivity contribution is 0.101. The van der Waals surface area contributed by atoms with E-state index in [0.717, 1.165) is 0 Å². The normalized spacial score (nSPS) is 10.5. The van der Waals surface area contributed by atoms with Crippen molar-refractivity contribution in [1.82, 2.24) is 9.97 Å². The van der Waals surface area contributed by atoms with Gasteiger partial charge in [-0.05, 0) is 36.4 Å². The molecule has 4 aromatic rings. The topological polar surface area (TPSA) is 104 Å². The van der Waals surface area contributed by atoms with Crippen molar-refractivity contribution in [3.63, 3.8) is 0 Å². The Bertz CT molecular complexity index is 1270. The Labute approximate surface area is 165 Å². The summed E-state index contributed by atoms with van der Waals surface area (Å²) in [6, 6.07) is 18.3. The number of nitrogens with one attached hydrogen (secondary N) is 3. The van der Waals surface area contributed by atoms with E-state index in [1.165, 1.54) is 6.07 Å². The fraction of sp³-hybridized carbons (Fsp3) is 0. The Morgan fingerprint density at radius 1 is 0.793 bits per heavy atom. The van der Waals surface area contributed by atoms with E-state index in [0.29, 0.717) is 27.8 Å². The summed E-state index contributed by atoms with van der Waals surface area (Å²) >= 11 is 0. The van der Waals surface area contributed by atoms with Gasteiger partial charge in [0.2, 0.25) is 5.56 Å². The minimum atomic E-state index is -0.431. The average molecular weight is 384 g/mol. The molecule has 0 aliphatic carbocycles. The van der Waals surface area contributed by atoms with Gasteiger partial charge in [0.15, 0.2) is 0 Å². The molecule has 0 fully saturated rings. The second kappa shape index (κ2) is 7.77. The first-order chi connectivity index (χ1) is 14.1. The number of hydrogen-bond donors (Lipinski definition) is 3. The van der Waals surface area contributed by atoms with Gasteiger partial charge < -0.3 is 15.6 Å². The number of H-pyrrole nitrogens is 1. The Morgan fingerprint density at radius 2 is 1.55 bits per heavy atom. The second-order valence-corrected chi connectivity index (χ2v) is 6.32. The smallest absolute Gasteiger partial charge is 0.256 e. The summed E-state index contributed by atoms with van der Waals surface area (Å²) in [4.78, 5) is 43.7. The number of hydrogen-bond acceptors (Lipinski definition) is 4. The molecular weight excluding hydrogens is 368 g/mol. The fourth-order valence-electron chi connectivity index (χ4n) is 2.97. The predicted octanol–water partition coefficient (Wildman–Crippen LogP) is 3.43. The van der Waals surface area contributed by atoms with Crippen LogP contribution < -0.4 is 16.2 Å². The number of carbonyl (C=O) groups is 2. The minimum absolute atomic E-state index is 0.260. The number of para-hydroxylation sites is 1. The maximum Gasteiger partial charge on any atom is 0.256 e. The molecule has 142 valence electrons. The van der Waals surface area contributed by atoms with E-state index in [1.54, 1.807) is 73.1 Å². The van der Waals surface area contributed by atoms with Crippen LogP contribution in [0.25, 0.3) is 10.9 Å². The van der Waals surface area contributed by atoms with Gasteiger partial charge in [-0.2, -0.15) is 0 Å². The summed E-state index contributed by atoms with van der Waals surface area (Å²) in [6.45, 7) is 0. The van der Waals surface area contributed by atoms with Crippen molar-refractivity contribution in [2.24, 2.45) is 0 Å². The number of fused-ring (bicyclic) bond motifs is 1. The van der Waals surface area contributed by atoms with E-state index < -0.39 is 5.91 Å². The number of anilines is 2. The van der Waals surface area contributed by atoms with Crippen LogP contribution in [0.3, 0.4) is 0 Å². The Morgan fingerprint density at radius 3 is 2.38 bits per heavy atom. The molecule has 2 amide bonds. The highest BCUT2D eigenvalue weighted by atomic mass is 16.2. The summed E-state index contributed by atoms with van der Waals surface area (Å²) in [7, 11) is 0. The lowest BCUT2D eigenvalue weighted by Gasteiger charge is -2.10. The molecule has 0 radical (unpaired) electrons. The van der Waals surface area contributed by atoms with Crippen molar-refractivity contribution in [3.05, 3.63) is 101 Å². The Kier molecular flexibility index (Phi) is 4.86. The lowest BCUT2D eigenvalue weighted by Crippen LogP contribution is -2.17. The Hall–Kier alpha value is -4.26. The first kappa shape index (κ1) is 18.1. The molecule has 2 aromatic carbocycles. The van der Waals surface area contributed by atoms with Gasteiger partial charge in [-0.15, -0.1) is 0 Å². The quantitative estimate of drug-likeness (QED) is 0.501. The van der Waals surface area contributed by atoms with Crippen LogP contribution in [0.5, 0.6) is 0 Å². The number of carbonyl (C=O) groups excluding carboxylic acids is 2. The number of amides is 2. The molecule has 0 unspecified atom stereocenters. The van der Waals surface area contributed by atoms with E-state index in [1.807, 2.05) is 0 Å². The molecule has 0 saturated heterocycles. The third-order valence-corrected chi connectivity index (χ3v) is 4.32. The fourth-order valence-corrected chi connectivity index (χ4v) is 2.97. The zero-order valence-electron chi connectivity index (χ0n) is 15.2. The maximum atomic E-state index is 12.8. The van der Waals surface area contributed by atoms with Crippen LogP contribution in [-0.2, 0) is 0 Å². The van der Waals surface area contributed by atoms with Gasteiger partial charge in [0.05, 0.1) is 5.56 Å². The van der Waals surface area contributed by atoms with E-state index in [9.17, 15) is 14.4 Å².